The van der Waals surface area contributed by atoms with Crippen LogP contribution in [0.1, 0.15) is 56.1 Å². The smallest absolute Gasteiger partial charge is 0.236 e. The van der Waals surface area contributed by atoms with E-state index in [0.29, 0.717) is 12.5 Å². The first-order valence-corrected chi connectivity index (χ1v) is 14.5. The van der Waals surface area contributed by atoms with Gasteiger partial charge in [-0.3, -0.25) is 14.4 Å². The number of rotatable bonds is 15. The van der Waals surface area contributed by atoms with Crippen LogP contribution in [0, 0.1) is 5.92 Å². The van der Waals surface area contributed by atoms with Crippen LogP contribution in [0.15, 0.2) is 49.3 Å². The summed E-state index contributed by atoms with van der Waals surface area (Å²) in [6, 6.07) is 8.90. The van der Waals surface area contributed by atoms with Crippen LogP contribution in [0.2, 0.25) is 0 Å². The molecular weight excluding hydrogens is 474 g/mol. The van der Waals surface area contributed by atoms with Crippen LogP contribution in [-0.4, -0.2) is 89.9 Å². The van der Waals surface area contributed by atoms with Crippen LogP contribution in [-0.2, 0) is 17.8 Å². The molecule has 3 atom stereocenters. The fourth-order valence-corrected chi connectivity index (χ4v) is 6.08. The number of aryl methyl sites for hydroxylation is 1. The summed E-state index contributed by atoms with van der Waals surface area (Å²) in [6.07, 6.45) is 12.2. The lowest BCUT2D eigenvalue weighted by Gasteiger charge is -2.30. The molecule has 2 aromatic rings. The number of aromatic nitrogens is 2. The molecule has 7 heteroatoms. The van der Waals surface area contributed by atoms with Crippen LogP contribution in [0.3, 0.4) is 0 Å². The number of benzene rings is 1. The summed E-state index contributed by atoms with van der Waals surface area (Å²) < 4.78 is 7.76. The molecule has 1 fully saturated rings. The van der Waals surface area contributed by atoms with Crippen molar-refractivity contribution in [1.82, 2.24) is 24.5 Å². The highest BCUT2D eigenvalue weighted by atomic mass is 16.5. The van der Waals surface area contributed by atoms with Crippen molar-refractivity contribution in [3.63, 3.8) is 0 Å². The van der Waals surface area contributed by atoms with Crippen molar-refractivity contribution in [2.75, 3.05) is 53.4 Å². The average Bonchev–Trinajstić information content (AvgIpc) is 3.66. The maximum Gasteiger partial charge on any atom is 0.236 e. The van der Waals surface area contributed by atoms with E-state index in [2.05, 4.69) is 71.7 Å². The van der Waals surface area contributed by atoms with Gasteiger partial charge >= 0.3 is 0 Å². The first-order chi connectivity index (χ1) is 18.5. The van der Waals surface area contributed by atoms with Crippen molar-refractivity contribution in [3.8, 4) is 5.75 Å². The number of amides is 1. The largest absolute Gasteiger partial charge is 0.493 e. The SMILES string of the molecule is C=C[C@@H]1[C@@H](c2ccc3c(c2)CCO3)CN(CC(=O)N(CCCC)CCCCN(C)C)[C@H]1CCn1cccn1. The first-order valence-electron chi connectivity index (χ1n) is 14.5. The number of hydrogen-bond acceptors (Lipinski definition) is 5. The van der Waals surface area contributed by atoms with E-state index < -0.39 is 0 Å². The Kier molecular flexibility index (Phi) is 10.4. The molecule has 3 heterocycles. The second-order valence-corrected chi connectivity index (χ2v) is 11.2. The second-order valence-electron chi connectivity index (χ2n) is 11.2. The molecule has 1 aromatic heterocycles. The maximum atomic E-state index is 13.7. The predicted octanol–water partition coefficient (Wildman–Crippen LogP) is 4.45. The Labute approximate surface area is 229 Å². The zero-order chi connectivity index (χ0) is 26.9. The quantitative estimate of drug-likeness (QED) is 0.256. The highest BCUT2D eigenvalue weighted by Gasteiger charge is 2.41. The molecule has 0 unspecified atom stereocenters. The molecule has 0 aliphatic carbocycles. The van der Waals surface area contributed by atoms with E-state index in [-0.39, 0.29) is 17.9 Å². The van der Waals surface area contributed by atoms with Crippen molar-refractivity contribution in [1.29, 1.82) is 0 Å². The van der Waals surface area contributed by atoms with E-state index in [1.165, 1.54) is 11.1 Å². The first kappa shape index (κ1) is 28.4. The van der Waals surface area contributed by atoms with Crippen LogP contribution < -0.4 is 4.74 Å². The Morgan fingerprint density at radius 2 is 2.03 bits per heavy atom. The lowest BCUT2D eigenvalue weighted by atomic mass is 9.83. The third-order valence-corrected chi connectivity index (χ3v) is 8.19. The fraction of sp³-hybridized carbons (Fsp3) is 0.613. The molecule has 2 aliphatic heterocycles. The van der Waals surface area contributed by atoms with Gasteiger partial charge in [0, 0.05) is 62.9 Å². The minimum Gasteiger partial charge on any atom is -0.493 e. The number of carbonyl (C=O) groups is 1. The molecule has 1 amide bonds. The lowest BCUT2D eigenvalue weighted by molar-refractivity contribution is -0.133. The van der Waals surface area contributed by atoms with E-state index in [1.54, 1.807) is 0 Å². The predicted molar refractivity (Wildman–Crippen MR) is 154 cm³/mol. The van der Waals surface area contributed by atoms with Crippen molar-refractivity contribution in [3.05, 3.63) is 60.4 Å². The number of hydrogen-bond donors (Lipinski definition) is 0. The molecule has 0 saturated carbocycles. The lowest BCUT2D eigenvalue weighted by Crippen LogP contribution is -2.44. The van der Waals surface area contributed by atoms with Crippen molar-refractivity contribution in [2.45, 2.75) is 64.0 Å². The molecule has 7 nitrogen and oxygen atoms in total. The third-order valence-electron chi connectivity index (χ3n) is 8.19. The van der Waals surface area contributed by atoms with Crippen LogP contribution in [0.4, 0.5) is 0 Å². The summed E-state index contributed by atoms with van der Waals surface area (Å²) in [6.45, 7) is 12.2. The van der Waals surface area contributed by atoms with Gasteiger partial charge in [0.1, 0.15) is 5.75 Å². The number of unbranched alkanes of at least 4 members (excludes halogenated alkanes) is 2. The van der Waals surface area contributed by atoms with Crippen LogP contribution in [0.5, 0.6) is 5.75 Å². The van der Waals surface area contributed by atoms with Crippen LogP contribution in [0.25, 0.3) is 0 Å². The second kappa shape index (κ2) is 13.9. The standard InChI is InChI=1S/C31H47N5O2/c1-5-7-17-34(18-9-8-16-33(3)4)31(37)24-35-23-28(25-11-12-30-26(22-25)14-21-38-30)27(6-2)29(35)13-20-36-19-10-15-32-36/h6,10-12,15,19,22,27-29H,2,5,7-9,13-14,16-18,20-21,23-24H2,1,3-4H3/t27-,28-,29+/m1/s1. The Hall–Kier alpha value is -2.64. The molecule has 208 valence electrons. The van der Waals surface area contributed by atoms with Gasteiger partial charge in [0.05, 0.1) is 13.2 Å². The molecule has 4 rings (SSSR count). The Morgan fingerprint density at radius 3 is 2.76 bits per heavy atom. The van der Waals surface area contributed by atoms with Crippen molar-refractivity contribution < 1.29 is 9.53 Å². The number of nitrogens with zero attached hydrogens (tertiary/aromatic N) is 5. The molecule has 2 aliphatic rings. The average molecular weight is 522 g/mol. The van der Waals surface area contributed by atoms with Gasteiger partial charge in [-0.25, -0.2) is 0 Å². The summed E-state index contributed by atoms with van der Waals surface area (Å²) in [7, 11) is 4.22. The van der Waals surface area contributed by atoms with Gasteiger partial charge in [-0.15, -0.1) is 6.58 Å². The highest BCUT2D eigenvalue weighted by Crippen LogP contribution is 2.41. The molecule has 1 saturated heterocycles. The van der Waals surface area contributed by atoms with Gasteiger partial charge in [-0.2, -0.15) is 5.10 Å². The number of ether oxygens (including phenoxy) is 1. The van der Waals surface area contributed by atoms with E-state index in [4.69, 9.17) is 4.74 Å². The van der Waals surface area contributed by atoms with E-state index in [1.807, 2.05) is 23.1 Å². The fourth-order valence-electron chi connectivity index (χ4n) is 6.08. The summed E-state index contributed by atoms with van der Waals surface area (Å²) in [4.78, 5) is 20.5. The number of likely N-dealkylation sites (tertiary alicyclic amines) is 1. The highest BCUT2D eigenvalue weighted by molar-refractivity contribution is 5.78. The van der Waals surface area contributed by atoms with Crippen molar-refractivity contribution in [2.24, 2.45) is 5.92 Å². The third kappa shape index (κ3) is 7.26. The van der Waals surface area contributed by atoms with Crippen molar-refractivity contribution >= 4 is 5.91 Å². The van der Waals surface area contributed by atoms with E-state index >= 15 is 0 Å². The number of fused-ring (bicyclic) bond motifs is 1. The van der Waals surface area contributed by atoms with E-state index in [0.717, 1.165) is 83.6 Å². The van der Waals surface area contributed by atoms with Gasteiger partial charge in [0.2, 0.25) is 5.91 Å². The van der Waals surface area contributed by atoms with Gasteiger partial charge in [-0.1, -0.05) is 31.6 Å². The molecular formula is C31H47N5O2. The van der Waals surface area contributed by atoms with Gasteiger partial charge in [0.15, 0.2) is 0 Å². The Morgan fingerprint density at radius 1 is 1.21 bits per heavy atom. The molecule has 38 heavy (non-hydrogen) atoms. The molecule has 0 spiro atoms. The van der Waals surface area contributed by atoms with Gasteiger partial charge < -0.3 is 14.5 Å². The normalized spacial score (nSPS) is 21.0. The van der Waals surface area contributed by atoms with E-state index in [9.17, 15) is 4.79 Å². The maximum absolute atomic E-state index is 13.7. The molecule has 0 radical (unpaired) electrons. The Balaban J connectivity index is 1.50. The monoisotopic (exact) mass is 521 g/mol. The minimum absolute atomic E-state index is 0.247. The van der Waals surface area contributed by atoms with Gasteiger partial charge in [-0.05, 0) is 69.6 Å². The summed E-state index contributed by atoms with van der Waals surface area (Å²) in [5.74, 6) is 1.88. The van der Waals surface area contributed by atoms with Gasteiger partial charge in [0.25, 0.3) is 0 Å². The number of carbonyl (C=O) groups excluding carboxylic acids is 1. The molecule has 0 N–H and O–H groups in total. The molecule has 1 aromatic carbocycles. The Bertz CT molecular complexity index is 1020. The summed E-state index contributed by atoms with van der Waals surface area (Å²) in [5.41, 5.74) is 2.64. The zero-order valence-corrected chi connectivity index (χ0v) is 23.7. The van der Waals surface area contributed by atoms with Crippen LogP contribution >= 0.6 is 0 Å². The zero-order valence-electron chi connectivity index (χ0n) is 23.7. The topological polar surface area (TPSA) is 53.8 Å². The minimum atomic E-state index is 0.247. The summed E-state index contributed by atoms with van der Waals surface area (Å²) >= 11 is 0. The summed E-state index contributed by atoms with van der Waals surface area (Å²) in [5, 5.41) is 4.43. The molecule has 0 bridgehead atoms.